The number of rotatable bonds is 7. The second kappa shape index (κ2) is 7.22. The molecule has 1 aromatic rings. The van der Waals surface area contributed by atoms with Crippen molar-refractivity contribution in [2.45, 2.75) is 20.3 Å². The molecule has 0 saturated carbocycles. The highest BCUT2D eigenvalue weighted by Crippen LogP contribution is 2.27. The van der Waals surface area contributed by atoms with Gasteiger partial charge in [0.15, 0.2) is 0 Å². The van der Waals surface area contributed by atoms with Crippen molar-refractivity contribution in [2.75, 3.05) is 25.6 Å². The number of methoxy groups -OCH3 is 1. The summed E-state index contributed by atoms with van der Waals surface area (Å²) >= 11 is 8.59. The van der Waals surface area contributed by atoms with Gasteiger partial charge in [0.2, 0.25) is 0 Å². The molecule has 0 aliphatic carbocycles. The first-order valence-electron chi connectivity index (χ1n) is 6.18. The molecule has 0 fully saturated rings. The van der Waals surface area contributed by atoms with Gasteiger partial charge in [-0.3, -0.25) is 0 Å². The number of thiocarbonyl (C=S) groups is 1. The lowest BCUT2D eigenvalue weighted by Gasteiger charge is -2.26. The third-order valence-corrected chi connectivity index (χ3v) is 3.87. The molecule has 3 nitrogen and oxygen atoms in total. The molecule has 1 aromatic carbocycles. The third kappa shape index (κ3) is 5.09. The highest BCUT2D eigenvalue weighted by atomic mass is 79.9. The summed E-state index contributed by atoms with van der Waals surface area (Å²) in [6, 6.07) is 5.90. The molecular formula is C14H21BrN2OS. The van der Waals surface area contributed by atoms with Crippen molar-refractivity contribution < 1.29 is 4.74 Å². The van der Waals surface area contributed by atoms with E-state index in [1.54, 1.807) is 7.11 Å². The Morgan fingerprint density at radius 2 is 2.16 bits per heavy atom. The van der Waals surface area contributed by atoms with Crippen LogP contribution in [0.3, 0.4) is 0 Å². The lowest BCUT2D eigenvalue weighted by Crippen LogP contribution is -2.26. The zero-order valence-electron chi connectivity index (χ0n) is 11.6. The second-order valence-electron chi connectivity index (χ2n) is 5.29. The summed E-state index contributed by atoms with van der Waals surface area (Å²) in [5.74, 6) is 0. The third-order valence-electron chi connectivity index (χ3n) is 3.00. The van der Waals surface area contributed by atoms with Crippen LogP contribution in [-0.4, -0.2) is 25.2 Å². The van der Waals surface area contributed by atoms with E-state index in [0.717, 1.165) is 35.3 Å². The van der Waals surface area contributed by atoms with Crippen molar-refractivity contribution in [3.63, 3.8) is 0 Å². The molecule has 0 heterocycles. The van der Waals surface area contributed by atoms with E-state index in [1.807, 2.05) is 18.2 Å². The standard InChI is InChI=1S/C14H21BrN2OS/c1-14(2,7-8-18-3)9-17-11-6-4-5-10(15)12(11)13(16)19/h4-6,17H,7-9H2,1-3H3,(H2,16,19). The lowest BCUT2D eigenvalue weighted by molar-refractivity contribution is 0.157. The molecule has 0 aliphatic heterocycles. The average molecular weight is 345 g/mol. The zero-order chi connectivity index (χ0) is 14.5. The normalized spacial score (nSPS) is 11.4. The van der Waals surface area contributed by atoms with Crippen LogP contribution in [0.4, 0.5) is 5.69 Å². The minimum atomic E-state index is 0.145. The number of ether oxygens (including phenoxy) is 1. The van der Waals surface area contributed by atoms with E-state index in [9.17, 15) is 0 Å². The van der Waals surface area contributed by atoms with Crippen LogP contribution in [0, 0.1) is 5.41 Å². The number of hydrogen-bond acceptors (Lipinski definition) is 3. The SMILES string of the molecule is COCCC(C)(C)CNc1cccc(Br)c1C(N)=S. The van der Waals surface area contributed by atoms with Gasteiger partial charge in [0.1, 0.15) is 4.99 Å². The predicted octanol–water partition coefficient (Wildman–Crippen LogP) is 3.56. The Morgan fingerprint density at radius 1 is 1.47 bits per heavy atom. The van der Waals surface area contributed by atoms with Gasteiger partial charge in [0.05, 0.1) is 0 Å². The maximum Gasteiger partial charge on any atom is 0.107 e. The van der Waals surface area contributed by atoms with Crippen molar-refractivity contribution in [3.05, 3.63) is 28.2 Å². The van der Waals surface area contributed by atoms with Crippen LogP contribution in [-0.2, 0) is 4.74 Å². The van der Waals surface area contributed by atoms with Gasteiger partial charge in [0, 0.05) is 36.0 Å². The van der Waals surface area contributed by atoms with Crippen LogP contribution >= 0.6 is 28.1 Å². The lowest BCUT2D eigenvalue weighted by atomic mass is 9.89. The maximum atomic E-state index is 5.78. The fraction of sp³-hybridized carbons (Fsp3) is 0.500. The highest BCUT2D eigenvalue weighted by Gasteiger charge is 2.18. The molecule has 5 heteroatoms. The van der Waals surface area contributed by atoms with Gasteiger partial charge >= 0.3 is 0 Å². The predicted molar refractivity (Wildman–Crippen MR) is 88.8 cm³/mol. The Bertz CT molecular complexity index is 449. The first-order valence-corrected chi connectivity index (χ1v) is 7.38. The van der Waals surface area contributed by atoms with Gasteiger partial charge < -0.3 is 15.8 Å². The van der Waals surface area contributed by atoms with Crippen molar-refractivity contribution in [1.82, 2.24) is 0 Å². The van der Waals surface area contributed by atoms with Crippen molar-refractivity contribution in [1.29, 1.82) is 0 Å². The van der Waals surface area contributed by atoms with E-state index in [4.69, 9.17) is 22.7 Å². The van der Waals surface area contributed by atoms with E-state index in [1.165, 1.54) is 0 Å². The van der Waals surface area contributed by atoms with E-state index in [2.05, 4.69) is 35.1 Å². The van der Waals surface area contributed by atoms with E-state index in [0.29, 0.717) is 4.99 Å². The van der Waals surface area contributed by atoms with Gasteiger partial charge in [-0.25, -0.2) is 0 Å². The summed E-state index contributed by atoms with van der Waals surface area (Å²) in [5.41, 5.74) is 7.75. The van der Waals surface area contributed by atoms with E-state index >= 15 is 0 Å². The van der Waals surface area contributed by atoms with Crippen molar-refractivity contribution >= 4 is 38.8 Å². The van der Waals surface area contributed by atoms with Crippen LogP contribution in [0.25, 0.3) is 0 Å². The van der Waals surface area contributed by atoms with E-state index in [-0.39, 0.29) is 5.41 Å². The smallest absolute Gasteiger partial charge is 0.107 e. The Hall–Kier alpha value is -0.650. The molecule has 0 saturated heterocycles. The summed E-state index contributed by atoms with van der Waals surface area (Å²) < 4.78 is 6.05. The average Bonchev–Trinajstić information content (AvgIpc) is 2.33. The van der Waals surface area contributed by atoms with Gasteiger partial charge in [-0.05, 0) is 39.9 Å². The van der Waals surface area contributed by atoms with E-state index < -0.39 is 0 Å². The zero-order valence-corrected chi connectivity index (χ0v) is 14.0. The summed E-state index contributed by atoms with van der Waals surface area (Å²) in [5, 5.41) is 3.43. The monoisotopic (exact) mass is 344 g/mol. The molecule has 0 aliphatic rings. The van der Waals surface area contributed by atoms with Crippen LogP contribution in [0.2, 0.25) is 0 Å². The summed E-state index contributed by atoms with van der Waals surface area (Å²) in [6.07, 6.45) is 0.993. The van der Waals surface area contributed by atoms with Gasteiger partial charge in [-0.15, -0.1) is 0 Å². The van der Waals surface area contributed by atoms with Gasteiger partial charge in [0.25, 0.3) is 0 Å². The molecule has 0 radical (unpaired) electrons. The molecule has 0 amide bonds. The maximum absolute atomic E-state index is 5.78. The molecule has 0 atom stereocenters. The summed E-state index contributed by atoms with van der Waals surface area (Å²) in [6.45, 7) is 6.01. The first kappa shape index (κ1) is 16.4. The topological polar surface area (TPSA) is 47.3 Å². The quantitative estimate of drug-likeness (QED) is 0.742. The first-order chi connectivity index (χ1) is 8.87. The van der Waals surface area contributed by atoms with Crippen LogP contribution in [0.15, 0.2) is 22.7 Å². The number of nitrogens with two attached hydrogens (primary N) is 1. The van der Waals surface area contributed by atoms with Crippen LogP contribution in [0.5, 0.6) is 0 Å². The highest BCUT2D eigenvalue weighted by molar-refractivity contribution is 9.10. The second-order valence-corrected chi connectivity index (χ2v) is 6.58. The Morgan fingerprint density at radius 3 is 2.74 bits per heavy atom. The number of anilines is 1. The molecule has 3 N–H and O–H groups in total. The minimum Gasteiger partial charge on any atom is -0.389 e. The largest absolute Gasteiger partial charge is 0.389 e. The molecular weight excluding hydrogens is 324 g/mol. The molecule has 19 heavy (non-hydrogen) atoms. The Kier molecular flexibility index (Phi) is 6.23. The number of nitrogens with one attached hydrogen (secondary N) is 1. The van der Waals surface area contributed by atoms with Crippen LogP contribution in [0.1, 0.15) is 25.8 Å². The van der Waals surface area contributed by atoms with Crippen molar-refractivity contribution in [2.24, 2.45) is 11.1 Å². The summed E-state index contributed by atoms with van der Waals surface area (Å²) in [4.78, 5) is 0.393. The fourth-order valence-corrected chi connectivity index (χ4v) is 2.65. The number of halogens is 1. The minimum absolute atomic E-state index is 0.145. The fourth-order valence-electron chi connectivity index (χ4n) is 1.72. The van der Waals surface area contributed by atoms with Gasteiger partial charge in [-0.2, -0.15) is 0 Å². The molecule has 0 unspecified atom stereocenters. The number of benzene rings is 1. The molecule has 0 aromatic heterocycles. The molecule has 0 bridgehead atoms. The molecule has 106 valence electrons. The number of hydrogen-bond donors (Lipinski definition) is 2. The van der Waals surface area contributed by atoms with Crippen LogP contribution < -0.4 is 11.1 Å². The summed E-state index contributed by atoms with van der Waals surface area (Å²) in [7, 11) is 1.72. The van der Waals surface area contributed by atoms with Gasteiger partial charge in [-0.1, -0.05) is 32.1 Å². The Balaban J connectivity index is 2.78. The molecule has 0 spiro atoms. The molecule has 1 rings (SSSR count). The Labute approximate surface area is 129 Å². The van der Waals surface area contributed by atoms with Crippen molar-refractivity contribution in [3.8, 4) is 0 Å².